The predicted octanol–water partition coefficient (Wildman–Crippen LogP) is 5.41. The molecule has 1 aliphatic rings. The van der Waals surface area contributed by atoms with Crippen LogP contribution >= 0.6 is 0 Å². The normalized spacial score (nSPS) is 13.4. The van der Waals surface area contributed by atoms with Crippen LogP contribution in [0.1, 0.15) is 46.3 Å². The smallest absolute Gasteiger partial charge is 0.258 e. The van der Waals surface area contributed by atoms with Gasteiger partial charge in [-0.05, 0) is 62.1 Å². The van der Waals surface area contributed by atoms with Gasteiger partial charge in [0.05, 0.1) is 20.1 Å². The number of methoxy groups -OCH3 is 1. The summed E-state index contributed by atoms with van der Waals surface area (Å²) in [7, 11) is 1.64. The molecular formula is C29H32N2O3. The maximum absolute atomic E-state index is 13.6. The summed E-state index contributed by atoms with van der Waals surface area (Å²) in [5.41, 5.74) is 4.40. The topological polar surface area (TPSA) is 49.9 Å². The summed E-state index contributed by atoms with van der Waals surface area (Å²) in [5, 5.41) is 0. The lowest BCUT2D eigenvalue weighted by Gasteiger charge is -2.27. The number of hydrogen-bond donors (Lipinski definition) is 0. The summed E-state index contributed by atoms with van der Waals surface area (Å²) in [6.07, 6.45) is 3.77. The number of benzene rings is 3. The Morgan fingerprint density at radius 2 is 1.56 bits per heavy atom. The number of ether oxygens (including phenoxy) is 1. The van der Waals surface area contributed by atoms with Crippen molar-refractivity contribution in [1.82, 2.24) is 4.90 Å². The number of nitrogens with zero attached hydrogens (tertiary/aromatic N) is 2. The zero-order valence-corrected chi connectivity index (χ0v) is 20.0. The average Bonchev–Trinajstić information content (AvgIpc) is 2.88. The monoisotopic (exact) mass is 456 g/mol. The molecule has 34 heavy (non-hydrogen) atoms. The van der Waals surface area contributed by atoms with Gasteiger partial charge in [0, 0.05) is 29.9 Å². The van der Waals surface area contributed by atoms with Crippen LogP contribution in [-0.2, 0) is 17.8 Å². The SMILES string of the molecule is COc1ccccc1CN(C(=O)c1ccc(C)cc1)c1ccc(CC(=O)N2CCCCC2)cc1. The number of para-hydroxylation sites is 1. The van der Waals surface area contributed by atoms with E-state index in [-0.39, 0.29) is 11.8 Å². The Morgan fingerprint density at radius 3 is 2.24 bits per heavy atom. The highest BCUT2D eigenvalue weighted by atomic mass is 16.5. The van der Waals surface area contributed by atoms with E-state index in [1.54, 1.807) is 12.0 Å². The summed E-state index contributed by atoms with van der Waals surface area (Å²) < 4.78 is 5.52. The van der Waals surface area contributed by atoms with Crippen molar-refractivity contribution in [3.63, 3.8) is 0 Å². The van der Waals surface area contributed by atoms with E-state index in [9.17, 15) is 9.59 Å². The molecule has 5 nitrogen and oxygen atoms in total. The molecule has 1 heterocycles. The molecule has 1 aliphatic heterocycles. The van der Waals surface area contributed by atoms with Gasteiger partial charge in [0.25, 0.3) is 5.91 Å². The van der Waals surface area contributed by atoms with Gasteiger partial charge in [-0.15, -0.1) is 0 Å². The van der Waals surface area contributed by atoms with Gasteiger partial charge < -0.3 is 14.5 Å². The molecule has 1 fully saturated rings. The van der Waals surface area contributed by atoms with Gasteiger partial charge in [0.15, 0.2) is 0 Å². The summed E-state index contributed by atoms with van der Waals surface area (Å²) >= 11 is 0. The van der Waals surface area contributed by atoms with Crippen LogP contribution in [0.4, 0.5) is 5.69 Å². The Morgan fingerprint density at radius 1 is 0.882 bits per heavy atom. The van der Waals surface area contributed by atoms with Crippen molar-refractivity contribution in [3.8, 4) is 5.75 Å². The largest absolute Gasteiger partial charge is 0.496 e. The van der Waals surface area contributed by atoms with E-state index in [1.807, 2.05) is 84.6 Å². The quantitative estimate of drug-likeness (QED) is 0.478. The van der Waals surface area contributed by atoms with E-state index in [0.717, 1.165) is 54.1 Å². The van der Waals surface area contributed by atoms with Crippen molar-refractivity contribution in [2.24, 2.45) is 0 Å². The third-order valence-corrected chi connectivity index (χ3v) is 6.38. The number of carbonyl (C=O) groups is 2. The highest BCUT2D eigenvalue weighted by Crippen LogP contribution is 2.26. The molecule has 0 aromatic heterocycles. The van der Waals surface area contributed by atoms with Crippen molar-refractivity contribution in [2.45, 2.75) is 39.2 Å². The van der Waals surface area contributed by atoms with Gasteiger partial charge in [-0.3, -0.25) is 9.59 Å². The minimum absolute atomic E-state index is 0.0805. The van der Waals surface area contributed by atoms with Gasteiger partial charge in [-0.2, -0.15) is 0 Å². The minimum atomic E-state index is -0.0805. The number of aryl methyl sites for hydroxylation is 1. The molecule has 0 atom stereocenters. The van der Waals surface area contributed by atoms with Crippen LogP contribution in [0.2, 0.25) is 0 Å². The lowest BCUT2D eigenvalue weighted by atomic mass is 10.1. The van der Waals surface area contributed by atoms with Gasteiger partial charge in [0.1, 0.15) is 5.75 Å². The van der Waals surface area contributed by atoms with Crippen LogP contribution in [0.3, 0.4) is 0 Å². The molecule has 5 heteroatoms. The van der Waals surface area contributed by atoms with E-state index < -0.39 is 0 Å². The molecule has 4 rings (SSSR count). The number of hydrogen-bond acceptors (Lipinski definition) is 3. The summed E-state index contributed by atoms with van der Waals surface area (Å²) in [4.78, 5) is 29.9. The molecule has 0 radical (unpaired) electrons. The Kier molecular flexibility index (Phi) is 7.63. The van der Waals surface area contributed by atoms with Crippen molar-refractivity contribution >= 4 is 17.5 Å². The van der Waals surface area contributed by atoms with Crippen LogP contribution in [-0.4, -0.2) is 36.9 Å². The fraction of sp³-hybridized carbons (Fsp3) is 0.310. The molecule has 1 saturated heterocycles. The van der Waals surface area contributed by atoms with E-state index in [1.165, 1.54) is 6.42 Å². The van der Waals surface area contributed by atoms with Gasteiger partial charge in [0.2, 0.25) is 5.91 Å². The van der Waals surface area contributed by atoms with Crippen LogP contribution in [0, 0.1) is 6.92 Å². The lowest BCUT2D eigenvalue weighted by molar-refractivity contribution is -0.131. The first-order chi connectivity index (χ1) is 16.5. The van der Waals surface area contributed by atoms with Gasteiger partial charge in [-0.1, -0.05) is 48.0 Å². The number of amides is 2. The van der Waals surface area contributed by atoms with Crippen LogP contribution in [0.25, 0.3) is 0 Å². The van der Waals surface area contributed by atoms with Crippen molar-refractivity contribution < 1.29 is 14.3 Å². The molecule has 0 unspecified atom stereocenters. The summed E-state index contributed by atoms with van der Waals surface area (Å²) in [5.74, 6) is 0.838. The number of likely N-dealkylation sites (tertiary alicyclic amines) is 1. The van der Waals surface area contributed by atoms with Gasteiger partial charge >= 0.3 is 0 Å². The standard InChI is InChI=1S/C29H32N2O3/c1-22-10-14-24(15-11-22)29(33)31(21-25-8-4-5-9-27(25)34-2)26-16-12-23(13-17-26)20-28(32)30-18-6-3-7-19-30/h4-5,8-17H,3,6-7,18-21H2,1-2H3. The first kappa shape index (κ1) is 23.6. The van der Waals surface area contributed by atoms with Crippen molar-refractivity contribution in [2.75, 3.05) is 25.1 Å². The fourth-order valence-electron chi connectivity index (χ4n) is 4.36. The fourth-order valence-corrected chi connectivity index (χ4v) is 4.36. The molecule has 0 bridgehead atoms. The second-order valence-corrected chi connectivity index (χ2v) is 8.85. The first-order valence-corrected chi connectivity index (χ1v) is 11.9. The van der Waals surface area contributed by atoms with Gasteiger partial charge in [-0.25, -0.2) is 0 Å². The molecule has 176 valence electrons. The molecule has 0 N–H and O–H groups in total. The van der Waals surface area contributed by atoms with Crippen molar-refractivity contribution in [1.29, 1.82) is 0 Å². The zero-order valence-electron chi connectivity index (χ0n) is 20.0. The molecule has 3 aromatic carbocycles. The van der Waals surface area contributed by atoms with Crippen molar-refractivity contribution in [3.05, 3.63) is 95.1 Å². The lowest BCUT2D eigenvalue weighted by Crippen LogP contribution is -2.36. The van der Waals surface area contributed by atoms with E-state index in [0.29, 0.717) is 18.5 Å². The Labute approximate surface area is 202 Å². The average molecular weight is 457 g/mol. The van der Waals surface area contributed by atoms with E-state index in [2.05, 4.69) is 0 Å². The van der Waals surface area contributed by atoms with Crippen LogP contribution in [0.15, 0.2) is 72.8 Å². The summed E-state index contributed by atoms with van der Waals surface area (Å²) in [6, 6.07) is 23.1. The molecule has 0 aliphatic carbocycles. The van der Waals surface area contributed by atoms with E-state index >= 15 is 0 Å². The van der Waals surface area contributed by atoms with Crippen LogP contribution < -0.4 is 9.64 Å². The molecule has 0 spiro atoms. The summed E-state index contributed by atoms with van der Waals surface area (Å²) in [6.45, 7) is 4.09. The third-order valence-electron chi connectivity index (χ3n) is 6.38. The Bertz CT molecular complexity index is 1120. The maximum atomic E-state index is 13.6. The number of anilines is 1. The highest BCUT2D eigenvalue weighted by molar-refractivity contribution is 6.06. The number of carbonyl (C=O) groups excluding carboxylic acids is 2. The number of rotatable bonds is 7. The zero-order chi connectivity index (χ0) is 23.9. The molecule has 0 saturated carbocycles. The highest BCUT2D eigenvalue weighted by Gasteiger charge is 2.21. The van der Waals surface area contributed by atoms with Crippen LogP contribution in [0.5, 0.6) is 5.75 Å². The number of piperidine rings is 1. The molecule has 3 aromatic rings. The maximum Gasteiger partial charge on any atom is 0.258 e. The molecular weight excluding hydrogens is 424 g/mol. The Balaban J connectivity index is 1.58. The molecule has 2 amide bonds. The Hall–Kier alpha value is -3.60. The third kappa shape index (κ3) is 5.66. The predicted molar refractivity (Wildman–Crippen MR) is 135 cm³/mol. The second-order valence-electron chi connectivity index (χ2n) is 8.85. The van der Waals surface area contributed by atoms with E-state index in [4.69, 9.17) is 4.74 Å². The second kappa shape index (κ2) is 11.0. The first-order valence-electron chi connectivity index (χ1n) is 11.9. The minimum Gasteiger partial charge on any atom is -0.496 e.